The third-order valence-corrected chi connectivity index (χ3v) is 5.51. The van der Waals surface area contributed by atoms with Gasteiger partial charge in [-0.2, -0.15) is 0 Å². The number of amidine groups is 1. The van der Waals surface area contributed by atoms with Crippen molar-refractivity contribution < 1.29 is 4.79 Å². The number of nitrogen functional groups attached to an aromatic ring is 1. The zero-order valence-electron chi connectivity index (χ0n) is 20.0. The molecule has 2 unspecified atom stereocenters. The molecule has 0 saturated carbocycles. The topological polar surface area (TPSA) is 102 Å². The van der Waals surface area contributed by atoms with Crippen molar-refractivity contribution in [3.05, 3.63) is 36.0 Å². The molecule has 1 saturated heterocycles. The highest BCUT2D eigenvalue weighted by Crippen LogP contribution is 2.18. The lowest BCUT2D eigenvalue weighted by Gasteiger charge is -2.39. The average Bonchev–Trinajstić information content (AvgIpc) is 2.82. The summed E-state index contributed by atoms with van der Waals surface area (Å²) in [7, 11) is 1.75. The van der Waals surface area contributed by atoms with Gasteiger partial charge in [0.05, 0.1) is 18.1 Å². The van der Waals surface area contributed by atoms with Crippen molar-refractivity contribution in [2.45, 2.75) is 46.4 Å². The number of piperazine rings is 1. The van der Waals surface area contributed by atoms with E-state index in [9.17, 15) is 4.79 Å². The second kappa shape index (κ2) is 12.9. The number of pyridine rings is 1. The van der Waals surface area contributed by atoms with E-state index in [1.165, 1.54) is 0 Å². The number of aliphatic imine (C=N–C) groups is 2. The molecule has 1 fully saturated rings. The quantitative estimate of drug-likeness (QED) is 0.343. The number of hydrogen-bond donors (Lipinski definition) is 2. The van der Waals surface area contributed by atoms with E-state index in [4.69, 9.17) is 10.7 Å². The van der Waals surface area contributed by atoms with Crippen LogP contribution in [-0.4, -0.2) is 89.9 Å². The number of nitrogens with one attached hydrogen (secondary N) is 1. The molecule has 1 aromatic heterocycles. The Kier molecular flexibility index (Phi) is 10.3. The molecule has 1 aromatic rings. The van der Waals surface area contributed by atoms with Crippen LogP contribution < -0.4 is 11.1 Å². The molecule has 1 aliphatic rings. The summed E-state index contributed by atoms with van der Waals surface area (Å²) in [6.07, 6.45) is 7.31. The van der Waals surface area contributed by atoms with Crippen LogP contribution in [0.25, 0.3) is 0 Å². The number of aromatic nitrogens is 1. The highest BCUT2D eigenvalue weighted by molar-refractivity contribution is 6.07. The van der Waals surface area contributed by atoms with Gasteiger partial charge in [-0.15, -0.1) is 0 Å². The highest BCUT2D eigenvalue weighted by Gasteiger charge is 2.27. The van der Waals surface area contributed by atoms with Gasteiger partial charge in [0.2, 0.25) is 5.91 Å². The fraction of sp³-hybridized carbons (Fsp3) is 0.565. The second-order valence-electron chi connectivity index (χ2n) is 7.72. The van der Waals surface area contributed by atoms with Crippen molar-refractivity contribution >= 4 is 23.9 Å². The third-order valence-electron chi connectivity index (χ3n) is 5.51. The first-order valence-corrected chi connectivity index (χ1v) is 11.4. The summed E-state index contributed by atoms with van der Waals surface area (Å²) in [5.74, 6) is 0.941. The Balaban J connectivity index is 2.50. The molecule has 176 valence electrons. The zero-order valence-corrected chi connectivity index (χ0v) is 20.0. The minimum absolute atomic E-state index is 0.000971. The number of carbonyl (C=O) groups is 1. The fourth-order valence-electron chi connectivity index (χ4n) is 3.40. The Morgan fingerprint density at radius 2 is 2.06 bits per heavy atom. The van der Waals surface area contributed by atoms with Crippen LogP contribution in [0.4, 0.5) is 5.82 Å². The van der Waals surface area contributed by atoms with E-state index in [1.54, 1.807) is 24.2 Å². The van der Waals surface area contributed by atoms with Gasteiger partial charge in [-0.05, 0) is 45.4 Å². The molecule has 1 aliphatic heterocycles. The molecular weight excluding hydrogens is 404 g/mol. The number of rotatable bonds is 9. The van der Waals surface area contributed by atoms with E-state index in [0.717, 1.165) is 32.6 Å². The molecule has 9 heteroatoms. The highest BCUT2D eigenvalue weighted by atomic mass is 16.2. The van der Waals surface area contributed by atoms with Crippen LogP contribution in [0.5, 0.6) is 0 Å². The summed E-state index contributed by atoms with van der Waals surface area (Å²) >= 11 is 0. The summed E-state index contributed by atoms with van der Waals surface area (Å²) in [5.41, 5.74) is 6.98. The predicted octanol–water partition coefficient (Wildman–Crippen LogP) is 1.78. The first kappa shape index (κ1) is 25.5. The summed E-state index contributed by atoms with van der Waals surface area (Å²) in [6, 6.07) is 3.75. The van der Waals surface area contributed by atoms with Gasteiger partial charge >= 0.3 is 0 Å². The summed E-state index contributed by atoms with van der Waals surface area (Å²) in [6.45, 7) is 12.4. The summed E-state index contributed by atoms with van der Waals surface area (Å²) in [4.78, 5) is 32.3. The maximum Gasteiger partial charge on any atom is 0.247 e. The second-order valence-corrected chi connectivity index (χ2v) is 7.72. The Bertz CT molecular complexity index is 816. The Morgan fingerprint density at radius 3 is 2.69 bits per heavy atom. The Hall–Kier alpha value is -2.78. The van der Waals surface area contributed by atoms with Crippen LogP contribution in [-0.2, 0) is 4.79 Å². The number of nitrogens with zero attached hydrogens (tertiary/aromatic N) is 6. The summed E-state index contributed by atoms with van der Waals surface area (Å²) < 4.78 is 0. The van der Waals surface area contributed by atoms with Crippen LogP contribution in [0, 0.1) is 0 Å². The molecule has 0 aromatic carbocycles. The third kappa shape index (κ3) is 6.86. The SMILES string of the molecule is CC/C=C\C(=O)N(C)C(C)N=C(c1cccnc1N)N(C=NCC)C(C)N1CCNCC1. The molecule has 3 N–H and O–H groups in total. The van der Waals surface area contributed by atoms with Gasteiger partial charge in [0.25, 0.3) is 0 Å². The lowest BCUT2D eigenvalue weighted by Crippen LogP contribution is -2.55. The molecule has 2 rings (SSSR count). The molecule has 1 amide bonds. The van der Waals surface area contributed by atoms with E-state index >= 15 is 0 Å². The molecule has 9 nitrogen and oxygen atoms in total. The van der Waals surface area contributed by atoms with Crippen LogP contribution in [0.1, 0.15) is 39.7 Å². The normalized spacial score (nSPS) is 17.6. The van der Waals surface area contributed by atoms with E-state index in [-0.39, 0.29) is 12.1 Å². The monoisotopic (exact) mass is 442 g/mol. The van der Waals surface area contributed by atoms with Crippen LogP contribution in [0.15, 0.2) is 40.5 Å². The zero-order chi connectivity index (χ0) is 23.5. The van der Waals surface area contributed by atoms with Crippen molar-refractivity contribution in [3.8, 4) is 0 Å². The largest absolute Gasteiger partial charge is 0.383 e. The van der Waals surface area contributed by atoms with Gasteiger partial charge in [-0.25, -0.2) is 9.98 Å². The number of carbonyl (C=O) groups excluding carboxylic acids is 1. The first-order valence-electron chi connectivity index (χ1n) is 11.4. The van der Waals surface area contributed by atoms with Crippen molar-refractivity contribution in [2.24, 2.45) is 9.98 Å². The van der Waals surface area contributed by atoms with E-state index in [2.05, 4.69) is 27.1 Å². The fourth-order valence-corrected chi connectivity index (χ4v) is 3.40. The van der Waals surface area contributed by atoms with Crippen LogP contribution >= 0.6 is 0 Å². The maximum atomic E-state index is 12.5. The number of likely N-dealkylation sites (N-methyl/N-ethyl adjacent to an activating group) is 1. The minimum atomic E-state index is -0.411. The number of nitrogens with two attached hydrogens (primary N) is 1. The van der Waals surface area contributed by atoms with Gasteiger partial charge in [0.15, 0.2) is 0 Å². The van der Waals surface area contributed by atoms with Gasteiger partial charge in [-0.1, -0.05) is 13.0 Å². The Labute approximate surface area is 192 Å². The molecule has 0 aliphatic carbocycles. The van der Waals surface area contributed by atoms with E-state index in [1.807, 2.05) is 50.2 Å². The molecular formula is C23H38N8O. The van der Waals surface area contributed by atoms with Gasteiger partial charge < -0.3 is 20.9 Å². The molecule has 2 heterocycles. The van der Waals surface area contributed by atoms with E-state index in [0.29, 0.717) is 23.8 Å². The molecule has 0 radical (unpaired) electrons. The van der Waals surface area contributed by atoms with Crippen LogP contribution in [0.3, 0.4) is 0 Å². The smallest absolute Gasteiger partial charge is 0.247 e. The maximum absolute atomic E-state index is 12.5. The summed E-state index contributed by atoms with van der Waals surface area (Å²) in [5, 5.41) is 3.39. The lowest BCUT2D eigenvalue weighted by atomic mass is 10.2. The van der Waals surface area contributed by atoms with Gasteiger partial charge in [0, 0.05) is 46.0 Å². The Morgan fingerprint density at radius 1 is 1.34 bits per heavy atom. The van der Waals surface area contributed by atoms with Gasteiger partial charge in [0.1, 0.15) is 17.8 Å². The van der Waals surface area contributed by atoms with E-state index < -0.39 is 6.17 Å². The number of amides is 1. The van der Waals surface area contributed by atoms with Crippen molar-refractivity contribution in [3.63, 3.8) is 0 Å². The van der Waals surface area contributed by atoms with Crippen molar-refractivity contribution in [1.82, 2.24) is 25.0 Å². The average molecular weight is 443 g/mol. The van der Waals surface area contributed by atoms with Crippen LogP contribution in [0.2, 0.25) is 0 Å². The van der Waals surface area contributed by atoms with Crippen molar-refractivity contribution in [1.29, 1.82) is 0 Å². The number of allylic oxidation sites excluding steroid dienone is 1. The minimum Gasteiger partial charge on any atom is -0.383 e. The van der Waals surface area contributed by atoms with Gasteiger partial charge in [-0.3, -0.25) is 14.7 Å². The predicted molar refractivity (Wildman–Crippen MR) is 132 cm³/mol. The standard InChI is InChI=1S/C23H38N8O/c1-6-8-11-21(32)29(5)18(3)28-23(20-10-9-12-27-22(20)24)31(17-25-7-2)19(4)30-15-13-26-14-16-30/h8-12,17-19,26H,6-7,13-16H2,1-5H3,(H2,24,27)/b11-8-,25-17?,28-23?. The lowest BCUT2D eigenvalue weighted by molar-refractivity contribution is -0.126. The molecule has 0 spiro atoms. The van der Waals surface area contributed by atoms with Crippen molar-refractivity contribution in [2.75, 3.05) is 45.5 Å². The first-order chi connectivity index (χ1) is 15.4. The number of anilines is 1. The number of hydrogen-bond acceptors (Lipinski definition) is 7. The molecule has 32 heavy (non-hydrogen) atoms. The molecule has 2 atom stereocenters. The molecule has 0 bridgehead atoms.